The van der Waals surface area contributed by atoms with E-state index in [2.05, 4.69) is 22.9 Å². The highest BCUT2D eigenvalue weighted by molar-refractivity contribution is 5.85. The molecule has 0 bridgehead atoms. The van der Waals surface area contributed by atoms with Crippen molar-refractivity contribution in [2.24, 2.45) is 0 Å². The van der Waals surface area contributed by atoms with Crippen LogP contribution < -0.4 is 0 Å². The molecule has 0 aromatic heterocycles. The lowest BCUT2D eigenvalue weighted by molar-refractivity contribution is 0.0817. The van der Waals surface area contributed by atoms with Crippen molar-refractivity contribution in [3.63, 3.8) is 0 Å². The van der Waals surface area contributed by atoms with Crippen LogP contribution in [-0.2, 0) is 6.42 Å². The second-order valence-corrected chi connectivity index (χ2v) is 4.87. The van der Waals surface area contributed by atoms with Gasteiger partial charge in [-0.15, -0.1) is 12.4 Å². The molecule has 1 aromatic rings. The Morgan fingerprint density at radius 1 is 1.24 bits per heavy atom. The first-order valence-corrected chi connectivity index (χ1v) is 5.95. The van der Waals surface area contributed by atoms with Crippen LogP contribution in [0, 0.1) is 5.82 Å². The standard InChI is InChI=1S/C13H17FN2.ClH/c1-15-7-8-16-6-5-10-11(13(16)9-15)3-2-4-12(10)14;/h2-4,13H,5-9H2,1H3;1H. The van der Waals surface area contributed by atoms with Gasteiger partial charge in [0.25, 0.3) is 0 Å². The molecule has 1 aromatic carbocycles. The Bertz CT molecular complexity index is 410. The van der Waals surface area contributed by atoms with E-state index >= 15 is 0 Å². The van der Waals surface area contributed by atoms with Crippen LogP contribution in [0.4, 0.5) is 4.39 Å². The van der Waals surface area contributed by atoms with Gasteiger partial charge in [-0.2, -0.15) is 0 Å². The Hall–Kier alpha value is -0.640. The minimum atomic E-state index is -0.0228. The zero-order valence-corrected chi connectivity index (χ0v) is 10.8. The molecule has 1 saturated heterocycles. The summed E-state index contributed by atoms with van der Waals surface area (Å²) >= 11 is 0. The number of hydrogen-bond acceptors (Lipinski definition) is 2. The predicted molar refractivity (Wildman–Crippen MR) is 69.2 cm³/mol. The SMILES string of the molecule is CN1CCN2CCc3c(F)cccc3C2C1.Cl. The number of benzene rings is 1. The molecule has 3 rings (SSSR count). The van der Waals surface area contributed by atoms with Gasteiger partial charge in [-0.25, -0.2) is 4.39 Å². The third kappa shape index (κ3) is 2.19. The van der Waals surface area contributed by atoms with Gasteiger partial charge in [0.05, 0.1) is 0 Å². The van der Waals surface area contributed by atoms with Crippen molar-refractivity contribution in [1.82, 2.24) is 9.80 Å². The Labute approximate surface area is 108 Å². The van der Waals surface area contributed by atoms with Crippen LogP contribution in [0.15, 0.2) is 18.2 Å². The van der Waals surface area contributed by atoms with E-state index < -0.39 is 0 Å². The molecular formula is C13H18ClFN2. The van der Waals surface area contributed by atoms with Gasteiger partial charge in [0, 0.05) is 32.2 Å². The minimum Gasteiger partial charge on any atom is -0.303 e. The van der Waals surface area contributed by atoms with Gasteiger partial charge in [0.15, 0.2) is 0 Å². The molecular weight excluding hydrogens is 239 g/mol. The summed E-state index contributed by atoms with van der Waals surface area (Å²) in [5.41, 5.74) is 2.15. The summed E-state index contributed by atoms with van der Waals surface area (Å²) in [6, 6.07) is 5.92. The van der Waals surface area contributed by atoms with E-state index in [1.807, 2.05) is 6.07 Å². The first-order chi connectivity index (χ1) is 7.75. The minimum absolute atomic E-state index is 0. The second kappa shape index (κ2) is 4.92. The summed E-state index contributed by atoms with van der Waals surface area (Å²) in [4.78, 5) is 4.82. The summed E-state index contributed by atoms with van der Waals surface area (Å²) in [6.07, 6.45) is 0.863. The quantitative estimate of drug-likeness (QED) is 0.701. The van der Waals surface area contributed by atoms with Crippen LogP contribution in [0.25, 0.3) is 0 Å². The smallest absolute Gasteiger partial charge is 0.126 e. The van der Waals surface area contributed by atoms with Crippen molar-refractivity contribution in [3.05, 3.63) is 35.1 Å². The van der Waals surface area contributed by atoms with Crippen LogP contribution in [0.1, 0.15) is 17.2 Å². The van der Waals surface area contributed by atoms with Crippen LogP contribution in [0.2, 0.25) is 0 Å². The van der Waals surface area contributed by atoms with E-state index in [0.29, 0.717) is 6.04 Å². The maximum atomic E-state index is 13.7. The molecule has 1 unspecified atom stereocenters. The molecule has 2 aliphatic rings. The van der Waals surface area contributed by atoms with Crippen molar-refractivity contribution in [2.75, 3.05) is 33.2 Å². The van der Waals surface area contributed by atoms with Crippen molar-refractivity contribution in [2.45, 2.75) is 12.5 Å². The van der Waals surface area contributed by atoms with Crippen molar-refractivity contribution in [3.8, 4) is 0 Å². The van der Waals surface area contributed by atoms with Crippen LogP contribution in [0.5, 0.6) is 0 Å². The fraction of sp³-hybridized carbons (Fsp3) is 0.538. The fourth-order valence-corrected chi connectivity index (χ4v) is 2.93. The van der Waals surface area contributed by atoms with Gasteiger partial charge < -0.3 is 4.90 Å². The van der Waals surface area contributed by atoms with Gasteiger partial charge in [-0.3, -0.25) is 4.90 Å². The maximum absolute atomic E-state index is 13.7. The van der Waals surface area contributed by atoms with Gasteiger partial charge in [-0.05, 0) is 30.7 Å². The third-order valence-corrected chi connectivity index (χ3v) is 3.86. The average Bonchev–Trinajstić information content (AvgIpc) is 2.29. The predicted octanol–water partition coefficient (Wildman–Crippen LogP) is 2.09. The Kier molecular flexibility index (Phi) is 3.71. The molecule has 1 fully saturated rings. The van der Waals surface area contributed by atoms with E-state index in [0.717, 1.165) is 38.2 Å². The molecule has 2 nitrogen and oxygen atoms in total. The zero-order chi connectivity index (χ0) is 11.1. The second-order valence-electron chi connectivity index (χ2n) is 4.87. The Morgan fingerprint density at radius 3 is 2.88 bits per heavy atom. The summed E-state index contributed by atoms with van der Waals surface area (Å²) in [7, 11) is 2.14. The van der Waals surface area contributed by atoms with E-state index in [1.54, 1.807) is 6.07 Å². The highest BCUT2D eigenvalue weighted by atomic mass is 35.5. The highest BCUT2D eigenvalue weighted by Gasteiger charge is 2.32. The first kappa shape index (κ1) is 12.8. The first-order valence-electron chi connectivity index (χ1n) is 5.95. The van der Waals surface area contributed by atoms with E-state index in [4.69, 9.17) is 0 Å². The number of piperazine rings is 1. The monoisotopic (exact) mass is 256 g/mol. The molecule has 0 spiro atoms. The van der Waals surface area contributed by atoms with Gasteiger partial charge in [-0.1, -0.05) is 12.1 Å². The normalized spacial score (nSPS) is 24.7. The van der Waals surface area contributed by atoms with Crippen LogP contribution in [0.3, 0.4) is 0 Å². The molecule has 0 amide bonds. The molecule has 2 heterocycles. The molecule has 1 atom stereocenters. The molecule has 0 saturated carbocycles. The Morgan fingerprint density at radius 2 is 2.06 bits per heavy atom. The van der Waals surface area contributed by atoms with Crippen LogP contribution >= 0.6 is 12.4 Å². The molecule has 0 aliphatic carbocycles. The lowest BCUT2D eigenvalue weighted by Crippen LogP contribution is -2.49. The molecule has 4 heteroatoms. The van der Waals surface area contributed by atoms with Crippen molar-refractivity contribution in [1.29, 1.82) is 0 Å². The third-order valence-electron chi connectivity index (χ3n) is 3.86. The number of fused-ring (bicyclic) bond motifs is 3. The summed E-state index contributed by atoms with van der Waals surface area (Å²) in [5, 5.41) is 0. The topological polar surface area (TPSA) is 6.48 Å². The molecule has 94 valence electrons. The lowest BCUT2D eigenvalue weighted by Gasteiger charge is -2.43. The van der Waals surface area contributed by atoms with Crippen molar-refractivity contribution < 1.29 is 4.39 Å². The van der Waals surface area contributed by atoms with Crippen LogP contribution in [-0.4, -0.2) is 43.0 Å². The van der Waals surface area contributed by atoms with Gasteiger partial charge in [0.2, 0.25) is 0 Å². The number of nitrogens with zero attached hydrogens (tertiary/aromatic N) is 2. The number of hydrogen-bond donors (Lipinski definition) is 0. The molecule has 0 N–H and O–H groups in total. The highest BCUT2D eigenvalue weighted by Crippen LogP contribution is 2.33. The van der Waals surface area contributed by atoms with Crippen molar-refractivity contribution >= 4 is 12.4 Å². The molecule has 17 heavy (non-hydrogen) atoms. The fourth-order valence-electron chi connectivity index (χ4n) is 2.93. The number of halogens is 2. The van der Waals surface area contributed by atoms with Gasteiger partial charge >= 0.3 is 0 Å². The number of likely N-dealkylation sites (N-methyl/N-ethyl adjacent to an activating group) is 1. The lowest BCUT2D eigenvalue weighted by atomic mass is 9.90. The summed E-state index contributed by atoms with van der Waals surface area (Å²) in [5.74, 6) is -0.0228. The summed E-state index contributed by atoms with van der Waals surface area (Å²) < 4.78 is 13.7. The molecule has 2 aliphatic heterocycles. The average molecular weight is 257 g/mol. The summed E-state index contributed by atoms with van der Waals surface area (Å²) in [6.45, 7) is 4.27. The van der Waals surface area contributed by atoms with Gasteiger partial charge in [0.1, 0.15) is 5.82 Å². The Balaban J connectivity index is 0.00000108. The number of rotatable bonds is 0. The largest absolute Gasteiger partial charge is 0.303 e. The van der Waals surface area contributed by atoms with E-state index in [9.17, 15) is 4.39 Å². The van der Waals surface area contributed by atoms with E-state index in [-0.39, 0.29) is 18.2 Å². The molecule has 0 radical (unpaired) electrons. The maximum Gasteiger partial charge on any atom is 0.126 e. The zero-order valence-electron chi connectivity index (χ0n) is 10.0. The van der Waals surface area contributed by atoms with E-state index in [1.165, 1.54) is 5.56 Å².